The fraction of sp³-hybridized carbons (Fsp3) is 0.471. The lowest BCUT2D eigenvalue weighted by molar-refractivity contribution is 0.0364. The number of carbonyl (C=O) groups is 1. The lowest BCUT2D eigenvalue weighted by atomic mass is 10.1. The van der Waals surface area contributed by atoms with Gasteiger partial charge in [-0.15, -0.1) is 0 Å². The Morgan fingerprint density at radius 1 is 1.33 bits per heavy atom. The van der Waals surface area contributed by atoms with Crippen LogP contribution < -0.4 is 4.74 Å². The van der Waals surface area contributed by atoms with Crippen LogP contribution >= 0.6 is 0 Å². The fourth-order valence-electron chi connectivity index (χ4n) is 3.31. The first-order valence-electron chi connectivity index (χ1n) is 7.92. The number of benzene rings is 1. The Morgan fingerprint density at radius 3 is 2.67 bits per heavy atom. The van der Waals surface area contributed by atoms with E-state index in [1.165, 1.54) is 19.2 Å². The Labute approximate surface area is 139 Å². The van der Waals surface area contributed by atoms with E-state index in [0.29, 0.717) is 42.1 Å². The van der Waals surface area contributed by atoms with Gasteiger partial charge in [0.05, 0.1) is 31.4 Å². The van der Waals surface area contributed by atoms with Crippen molar-refractivity contribution in [1.82, 2.24) is 9.47 Å². The molecule has 7 heteroatoms. The third kappa shape index (κ3) is 2.97. The van der Waals surface area contributed by atoms with E-state index >= 15 is 0 Å². The smallest absolute Gasteiger partial charge is 0.338 e. The quantitative estimate of drug-likeness (QED) is 0.906. The molecule has 0 radical (unpaired) electrons. The molecule has 1 N–H and O–H groups in total. The summed E-state index contributed by atoms with van der Waals surface area (Å²) in [6, 6.07) is 2.55. The summed E-state index contributed by atoms with van der Waals surface area (Å²) in [5, 5.41) is 9.92. The average molecular weight is 336 g/mol. The van der Waals surface area contributed by atoms with Gasteiger partial charge in [-0.25, -0.2) is 9.18 Å². The Kier molecular flexibility index (Phi) is 4.73. The molecule has 0 atom stereocenters. The number of hydrogen-bond acceptors (Lipinski definition) is 4. The lowest BCUT2D eigenvalue weighted by Gasteiger charge is -2.27. The zero-order valence-electron chi connectivity index (χ0n) is 13.8. The molecule has 24 heavy (non-hydrogen) atoms. The summed E-state index contributed by atoms with van der Waals surface area (Å²) in [7, 11) is 1.46. The van der Waals surface area contributed by atoms with E-state index in [1.807, 2.05) is 4.57 Å². The van der Waals surface area contributed by atoms with Gasteiger partial charge in [-0.2, -0.15) is 0 Å². The van der Waals surface area contributed by atoms with Crippen molar-refractivity contribution < 1.29 is 23.8 Å². The van der Waals surface area contributed by atoms with Crippen molar-refractivity contribution in [3.05, 3.63) is 29.2 Å². The van der Waals surface area contributed by atoms with E-state index in [-0.39, 0.29) is 5.56 Å². The summed E-state index contributed by atoms with van der Waals surface area (Å²) in [6.07, 6.45) is 0. The number of aromatic nitrogens is 1. The lowest BCUT2D eigenvalue weighted by Crippen LogP contribution is -2.38. The predicted molar refractivity (Wildman–Crippen MR) is 87.4 cm³/mol. The zero-order valence-corrected chi connectivity index (χ0v) is 13.8. The molecule has 1 aliphatic heterocycles. The van der Waals surface area contributed by atoms with Crippen molar-refractivity contribution >= 4 is 16.9 Å². The summed E-state index contributed by atoms with van der Waals surface area (Å²) >= 11 is 0. The first-order valence-corrected chi connectivity index (χ1v) is 7.92. The minimum absolute atomic E-state index is 0.129. The third-order valence-electron chi connectivity index (χ3n) is 4.52. The van der Waals surface area contributed by atoms with Crippen LogP contribution in [0, 0.1) is 12.7 Å². The van der Waals surface area contributed by atoms with Crippen LogP contribution in [0.2, 0.25) is 0 Å². The molecule has 130 valence electrons. The SMILES string of the molecule is COc1cc(F)cc2c(C(=O)O)c(C)n(CCN3CCOCC3)c12. The molecule has 1 aromatic heterocycles. The monoisotopic (exact) mass is 336 g/mol. The van der Waals surface area contributed by atoms with Crippen LogP contribution in [0.5, 0.6) is 5.75 Å². The number of aromatic carboxylic acids is 1. The number of morpholine rings is 1. The minimum atomic E-state index is -1.06. The summed E-state index contributed by atoms with van der Waals surface area (Å²) < 4.78 is 26.4. The van der Waals surface area contributed by atoms with Gasteiger partial charge in [-0.05, 0) is 13.0 Å². The molecule has 0 saturated carbocycles. The van der Waals surface area contributed by atoms with Crippen LogP contribution in [-0.4, -0.2) is 60.5 Å². The molecule has 1 fully saturated rings. The number of rotatable bonds is 5. The van der Waals surface area contributed by atoms with Crippen LogP contribution in [0.25, 0.3) is 10.9 Å². The standard InChI is InChI=1S/C17H21FN2O4/c1-11-15(17(21)22)13-9-12(18)10-14(23-2)16(13)20(11)4-3-19-5-7-24-8-6-19/h9-10H,3-8H2,1-2H3,(H,21,22). The summed E-state index contributed by atoms with van der Waals surface area (Å²) in [6.45, 7) is 6.26. The summed E-state index contributed by atoms with van der Waals surface area (Å²) in [4.78, 5) is 13.9. The first-order chi connectivity index (χ1) is 11.5. The van der Waals surface area contributed by atoms with Crippen molar-refractivity contribution in [2.24, 2.45) is 0 Å². The highest BCUT2D eigenvalue weighted by Crippen LogP contribution is 2.34. The van der Waals surface area contributed by atoms with Crippen LogP contribution in [-0.2, 0) is 11.3 Å². The van der Waals surface area contributed by atoms with E-state index in [9.17, 15) is 14.3 Å². The second-order valence-electron chi connectivity index (χ2n) is 5.88. The first kappa shape index (κ1) is 16.7. The molecule has 2 heterocycles. The van der Waals surface area contributed by atoms with Gasteiger partial charge in [0, 0.05) is 43.3 Å². The van der Waals surface area contributed by atoms with Gasteiger partial charge in [0.15, 0.2) is 0 Å². The largest absolute Gasteiger partial charge is 0.494 e. The Hall–Kier alpha value is -2.12. The maximum atomic E-state index is 13.8. The molecular formula is C17H21FN2O4. The van der Waals surface area contributed by atoms with Gasteiger partial charge in [0.2, 0.25) is 0 Å². The van der Waals surface area contributed by atoms with Crippen molar-refractivity contribution in [1.29, 1.82) is 0 Å². The number of ether oxygens (including phenoxy) is 2. The van der Waals surface area contributed by atoms with Crippen molar-refractivity contribution in [3.8, 4) is 5.75 Å². The van der Waals surface area contributed by atoms with Crippen molar-refractivity contribution in [3.63, 3.8) is 0 Å². The van der Waals surface area contributed by atoms with Crippen LogP contribution in [0.4, 0.5) is 4.39 Å². The average Bonchev–Trinajstić information content (AvgIpc) is 2.84. The number of fused-ring (bicyclic) bond motifs is 1. The van der Waals surface area contributed by atoms with Crippen molar-refractivity contribution in [2.45, 2.75) is 13.5 Å². The van der Waals surface area contributed by atoms with Gasteiger partial charge in [0.1, 0.15) is 11.6 Å². The second kappa shape index (κ2) is 6.78. The molecular weight excluding hydrogens is 315 g/mol. The zero-order chi connectivity index (χ0) is 17.3. The van der Waals surface area contributed by atoms with Crippen molar-refractivity contribution in [2.75, 3.05) is 40.0 Å². The van der Waals surface area contributed by atoms with E-state index in [4.69, 9.17) is 9.47 Å². The molecule has 3 rings (SSSR count). The number of hydrogen-bond donors (Lipinski definition) is 1. The minimum Gasteiger partial charge on any atom is -0.494 e. The van der Waals surface area contributed by atoms with Gasteiger partial charge in [0.25, 0.3) is 0 Å². The van der Waals surface area contributed by atoms with E-state index in [2.05, 4.69) is 4.90 Å². The Balaban J connectivity index is 2.05. The van der Waals surface area contributed by atoms with Gasteiger partial charge in [-0.3, -0.25) is 4.90 Å². The Morgan fingerprint density at radius 2 is 2.04 bits per heavy atom. The normalized spacial score (nSPS) is 15.8. The van der Waals surface area contributed by atoms with Crippen LogP contribution in [0.15, 0.2) is 12.1 Å². The molecule has 1 aliphatic rings. The molecule has 1 aromatic carbocycles. The molecule has 0 unspecified atom stereocenters. The molecule has 1 saturated heterocycles. The van der Waals surface area contributed by atoms with Gasteiger partial charge in [-0.1, -0.05) is 0 Å². The van der Waals surface area contributed by atoms with E-state index in [0.717, 1.165) is 19.6 Å². The number of carboxylic acids is 1. The van der Waals surface area contributed by atoms with E-state index < -0.39 is 11.8 Å². The third-order valence-corrected chi connectivity index (χ3v) is 4.52. The molecule has 0 spiro atoms. The maximum absolute atomic E-state index is 13.8. The highest BCUT2D eigenvalue weighted by molar-refractivity contribution is 6.06. The topological polar surface area (TPSA) is 63.9 Å². The summed E-state index contributed by atoms with van der Waals surface area (Å²) in [5.74, 6) is -1.22. The second-order valence-corrected chi connectivity index (χ2v) is 5.88. The Bertz CT molecular complexity index is 766. The maximum Gasteiger partial charge on any atom is 0.338 e. The van der Waals surface area contributed by atoms with Crippen LogP contribution in [0.1, 0.15) is 16.1 Å². The number of halogens is 1. The number of methoxy groups -OCH3 is 1. The van der Waals surface area contributed by atoms with Gasteiger partial charge >= 0.3 is 5.97 Å². The highest BCUT2D eigenvalue weighted by Gasteiger charge is 2.23. The van der Waals surface area contributed by atoms with Crippen LogP contribution in [0.3, 0.4) is 0 Å². The molecule has 0 amide bonds. The number of carboxylic acid groups (broad SMARTS) is 1. The fourth-order valence-corrected chi connectivity index (χ4v) is 3.31. The predicted octanol–water partition coefficient (Wildman–Crippen LogP) is 2.13. The summed E-state index contributed by atoms with van der Waals surface area (Å²) in [5.41, 5.74) is 1.36. The van der Waals surface area contributed by atoms with Gasteiger partial charge < -0.3 is 19.1 Å². The molecule has 6 nitrogen and oxygen atoms in total. The highest BCUT2D eigenvalue weighted by atomic mass is 19.1. The molecule has 0 aliphatic carbocycles. The van der Waals surface area contributed by atoms with E-state index in [1.54, 1.807) is 6.92 Å². The number of nitrogens with zero attached hydrogens (tertiary/aromatic N) is 2. The molecule has 2 aromatic rings. The molecule has 0 bridgehead atoms.